The highest BCUT2D eigenvalue weighted by atomic mass is 32.2. The van der Waals surface area contributed by atoms with Crippen LogP contribution in [-0.2, 0) is 16.3 Å². The topological polar surface area (TPSA) is 90.3 Å². The molecule has 1 N–H and O–H groups in total. The molecule has 1 aliphatic rings. The van der Waals surface area contributed by atoms with Gasteiger partial charge in [-0.25, -0.2) is 13.4 Å². The lowest BCUT2D eigenvalue weighted by atomic mass is 9.85. The summed E-state index contributed by atoms with van der Waals surface area (Å²) in [6.45, 7) is 4.49. The van der Waals surface area contributed by atoms with Crippen molar-refractivity contribution in [2.24, 2.45) is 11.3 Å². The molecule has 0 spiro atoms. The number of benzene rings is 1. The molecule has 0 unspecified atom stereocenters. The lowest BCUT2D eigenvalue weighted by Crippen LogP contribution is -2.34. The van der Waals surface area contributed by atoms with Crippen LogP contribution in [0, 0.1) is 18.3 Å². The Labute approximate surface area is 210 Å². The summed E-state index contributed by atoms with van der Waals surface area (Å²) in [5.41, 5.74) is -0.630. The number of aromatic nitrogens is 2. The van der Waals surface area contributed by atoms with E-state index in [-0.39, 0.29) is 29.2 Å². The van der Waals surface area contributed by atoms with E-state index in [1.807, 2.05) is 0 Å². The first-order chi connectivity index (χ1) is 16.6. The molecule has 3 rings (SSSR count). The third-order valence-corrected chi connectivity index (χ3v) is 8.67. The van der Waals surface area contributed by atoms with Crippen molar-refractivity contribution in [3.8, 4) is 11.4 Å². The maximum Gasteiger partial charge on any atom is 0.394 e. The van der Waals surface area contributed by atoms with Gasteiger partial charge in [0.05, 0.1) is 23.5 Å². The number of methoxy groups -OCH3 is 1. The van der Waals surface area contributed by atoms with E-state index in [2.05, 4.69) is 10.3 Å². The van der Waals surface area contributed by atoms with Gasteiger partial charge in [-0.05, 0) is 62.6 Å². The Balaban J connectivity index is 1.69. The summed E-state index contributed by atoms with van der Waals surface area (Å²) in [4.78, 5) is 17.1. The number of halogens is 3. The standard InChI is InChI=1S/C25H34F3N3O4S/c1-16-30-20(23(32)29-14-17-6-9-19(10-7-17)36(5,33)34)15-31(16)21-11-8-18(12-22(21)35-4)13-24(2,3)25(26,27)28/h8,11-12,15,17,19H,6-7,9-10,13-14H2,1-5H3,(H,29,32)/t17-,19-. The summed E-state index contributed by atoms with van der Waals surface area (Å²) < 4.78 is 70.5. The third kappa shape index (κ3) is 6.41. The van der Waals surface area contributed by atoms with Crippen LogP contribution in [0.2, 0.25) is 0 Å². The zero-order valence-electron chi connectivity index (χ0n) is 21.3. The van der Waals surface area contributed by atoms with E-state index in [4.69, 9.17) is 4.74 Å². The minimum absolute atomic E-state index is 0.199. The molecule has 1 aliphatic carbocycles. The molecule has 1 aromatic heterocycles. The van der Waals surface area contributed by atoms with Crippen molar-refractivity contribution >= 4 is 15.7 Å². The summed E-state index contributed by atoms with van der Waals surface area (Å²) in [5.74, 6) is 0.768. The molecule has 0 saturated heterocycles. The molecule has 0 atom stereocenters. The second-order valence-corrected chi connectivity index (χ2v) is 12.6. The fourth-order valence-electron chi connectivity index (χ4n) is 4.56. The Morgan fingerprint density at radius 2 is 1.83 bits per heavy atom. The molecular weight excluding hydrogens is 495 g/mol. The first kappa shape index (κ1) is 28.0. The molecule has 36 heavy (non-hydrogen) atoms. The third-order valence-electron chi connectivity index (χ3n) is 6.98. The molecule has 11 heteroatoms. The summed E-state index contributed by atoms with van der Waals surface area (Å²) in [6, 6.07) is 4.86. The molecular formula is C25H34F3N3O4S. The number of carbonyl (C=O) groups excluding carboxylic acids is 1. The van der Waals surface area contributed by atoms with Gasteiger partial charge in [-0.1, -0.05) is 19.9 Å². The van der Waals surface area contributed by atoms with E-state index >= 15 is 0 Å². The first-order valence-electron chi connectivity index (χ1n) is 11.9. The van der Waals surface area contributed by atoms with Crippen LogP contribution in [0.3, 0.4) is 0 Å². The van der Waals surface area contributed by atoms with E-state index in [9.17, 15) is 26.4 Å². The van der Waals surface area contributed by atoms with E-state index in [1.165, 1.54) is 13.4 Å². The normalized spacial score (nSPS) is 19.2. The Morgan fingerprint density at radius 3 is 2.39 bits per heavy atom. The van der Waals surface area contributed by atoms with Gasteiger partial charge in [-0.15, -0.1) is 0 Å². The number of aryl methyl sites for hydroxylation is 1. The molecule has 7 nitrogen and oxygen atoms in total. The second kappa shape index (κ2) is 10.4. The highest BCUT2D eigenvalue weighted by molar-refractivity contribution is 7.91. The van der Waals surface area contributed by atoms with Crippen molar-refractivity contribution in [2.45, 2.75) is 64.3 Å². The van der Waals surface area contributed by atoms with Gasteiger partial charge in [-0.3, -0.25) is 9.36 Å². The number of sulfone groups is 1. The van der Waals surface area contributed by atoms with Crippen LogP contribution in [0.5, 0.6) is 5.75 Å². The highest BCUT2D eigenvalue weighted by Crippen LogP contribution is 2.41. The van der Waals surface area contributed by atoms with Gasteiger partial charge in [0.15, 0.2) is 0 Å². The van der Waals surface area contributed by atoms with E-state index in [0.29, 0.717) is 42.2 Å². The average Bonchev–Trinajstić information content (AvgIpc) is 3.17. The predicted molar refractivity (Wildman–Crippen MR) is 131 cm³/mol. The maximum atomic E-state index is 13.3. The van der Waals surface area contributed by atoms with Gasteiger partial charge in [-0.2, -0.15) is 13.2 Å². The van der Waals surface area contributed by atoms with Crippen LogP contribution in [0.15, 0.2) is 24.4 Å². The molecule has 0 aliphatic heterocycles. The number of alkyl halides is 3. The van der Waals surface area contributed by atoms with Gasteiger partial charge < -0.3 is 10.1 Å². The molecule has 1 fully saturated rings. The summed E-state index contributed by atoms with van der Waals surface area (Å²) >= 11 is 0. The van der Waals surface area contributed by atoms with Crippen LogP contribution in [0.4, 0.5) is 13.2 Å². The Hall–Kier alpha value is -2.56. The van der Waals surface area contributed by atoms with Crippen molar-refractivity contribution < 1.29 is 31.1 Å². The summed E-state index contributed by atoms with van der Waals surface area (Å²) in [6.07, 6.45) is 0.976. The quantitative estimate of drug-likeness (QED) is 0.538. The van der Waals surface area contributed by atoms with Gasteiger partial charge >= 0.3 is 6.18 Å². The Kier molecular flexibility index (Phi) is 8.12. The van der Waals surface area contributed by atoms with Crippen molar-refractivity contribution in [3.63, 3.8) is 0 Å². The first-order valence-corrected chi connectivity index (χ1v) is 13.8. The number of hydrogen-bond acceptors (Lipinski definition) is 5. The largest absolute Gasteiger partial charge is 0.495 e. The molecule has 0 radical (unpaired) electrons. The second-order valence-electron chi connectivity index (χ2n) is 10.3. The zero-order valence-corrected chi connectivity index (χ0v) is 22.1. The lowest BCUT2D eigenvalue weighted by molar-refractivity contribution is -0.211. The molecule has 0 bridgehead atoms. The number of ether oxygens (including phenoxy) is 1. The van der Waals surface area contributed by atoms with Crippen LogP contribution >= 0.6 is 0 Å². The molecule has 1 saturated carbocycles. The minimum atomic E-state index is -4.34. The van der Waals surface area contributed by atoms with E-state index in [0.717, 1.165) is 26.7 Å². The molecule has 1 aromatic carbocycles. The number of carbonyl (C=O) groups is 1. The van der Waals surface area contributed by atoms with E-state index < -0.39 is 21.4 Å². The molecule has 1 amide bonds. The molecule has 2 aromatic rings. The SMILES string of the molecule is COc1cc(CC(C)(C)C(F)(F)F)ccc1-n1cc(C(=O)NC[C@H]2CC[C@H](S(C)(=O)=O)CC2)nc1C. The zero-order chi connectivity index (χ0) is 26.9. The van der Waals surface area contributed by atoms with Crippen molar-refractivity contribution in [1.29, 1.82) is 0 Å². The molecule has 200 valence electrons. The predicted octanol–water partition coefficient (Wildman–Crippen LogP) is 4.65. The average molecular weight is 530 g/mol. The number of amides is 1. The minimum Gasteiger partial charge on any atom is -0.495 e. The van der Waals surface area contributed by atoms with Gasteiger partial charge in [0, 0.05) is 19.0 Å². The smallest absolute Gasteiger partial charge is 0.394 e. The number of rotatable bonds is 8. The number of nitrogens with one attached hydrogen (secondary N) is 1. The van der Waals surface area contributed by atoms with E-state index in [1.54, 1.807) is 35.9 Å². The van der Waals surface area contributed by atoms with Gasteiger partial charge in [0.2, 0.25) is 0 Å². The number of imidazole rings is 1. The summed E-state index contributed by atoms with van der Waals surface area (Å²) in [5, 5.41) is 2.59. The molecule has 1 heterocycles. The highest BCUT2D eigenvalue weighted by Gasteiger charge is 2.47. The monoisotopic (exact) mass is 529 g/mol. The number of nitrogens with zero attached hydrogens (tertiary/aromatic N) is 2. The Morgan fingerprint density at radius 1 is 1.19 bits per heavy atom. The fraction of sp³-hybridized carbons (Fsp3) is 0.600. The van der Waals surface area contributed by atoms with Crippen LogP contribution < -0.4 is 10.1 Å². The Bertz CT molecular complexity index is 1200. The van der Waals surface area contributed by atoms with Gasteiger partial charge in [0.1, 0.15) is 27.1 Å². The summed E-state index contributed by atoms with van der Waals surface area (Å²) in [7, 11) is -1.60. The van der Waals surface area contributed by atoms with Crippen molar-refractivity contribution in [3.05, 3.63) is 41.5 Å². The van der Waals surface area contributed by atoms with Crippen LogP contribution in [-0.4, -0.2) is 55.2 Å². The van der Waals surface area contributed by atoms with Crippen molar-refractivity contribution in [2.75, 3.05) is 19.9 Å². The lowest BCUT2D eigenvalue weighted by Gasteiger charge is -2.28. The van der Waals surface area contributed by atoms with Crippen LogP contribution in [0.25, 0.3) is 5.69 Å². The van der Waals surface area contributed by atoms with Gasteiger partial charge in [0.25, 0.3) is 5.91 Å². The van der Waals surface area contributed by atoms with Crippen molar-refractivity contribution in [1.82, 2.24) is 14.9 Å². The van der Waals surface area contributed by atoms with Crippen LogP contribution in [0.1, 0.15) is 61.4 Å². The fourth-order valence-corrected chi connectivity index (χ4v) is 5.69. The number of hydrogen-bond donors (Lipinski definition) is 1. The maximum absolute atomic E-state index is 13.3.